The molecular formula is C21H21N5O5S. The second kappa shape index (κ2) is 9.15. The van der Waals surface area contributed by atoms with Gasteiger partial charge in [-0.1, -0.05) is 18.2 Å². The number of anilines is 1. The number of hydrogen-bond acceptors (Lipinski definition) is 9. The van der Waals surface area contributed by atoms with Crippen LogP contribution in [0.4, 0.5) is 10.5 Å². The molecule has 0 saturated carbocycles. The van der Waals surface area contributed by atoms with Crippen molar-refractivity contribution in [3.8, 4) is 5.75 Å². The van der Waals surface area contributed by atoms with Gasteiger partial charge in [0.05, 0.1) is 20.3 Å². The average Bonchev–Trinajstić information content (AvgIpc) is 3.53. The fraction of sp³-hybridized carbons (Fsp3) is 0.333. The van der Waals surface area contributed by atoms with Crippen LogP contribution in [0.1, 0.15) is 6.04 Å². The van der Waals surface area contributed by atoms with E-state index >= 15 is 0 Å². The summed E-state index contributed by atoms with van der Waals surface area (Å²) in [7, 11) is 1.58. The second-order valence-corrected chi connectivity index (χ2v) is 8.32. The van der Waals surface area contributed by atoms with Crippen molar-refractivity contribution >= 4 is 23.5 Å². The van der Waals surface area contributed by atoms with Crippen LogP contribution in [0.3, 0.4) is 0 Å². The van der Waals surface area contributed by atoms with Crippen molar-refractivity contribution in [2.75, 3.05) is 25.6 Å². The van der Waals surface area contributed by atoms with Gasteiger partial charge < -0.3 is 18.9 Å². The number of rotatable bonds is 6. The molecule has 0 radical (unpaired) electrons. The zero-order valence-corrected chi connectivity index (χ0v) is 18.0. The maximum absolute atomic E-state index is 12.4. The largest absolute Gasteiger partial charge is 0.497 e. The van der Waals surface area contributed by atoms with Gasteiger partial charge in [-0.25, -0.2) is 9.48 Å². The first-order valence-corrected chi connectivity index (χ1v) is 10.9. The van der Waals surface area contributed by atoms with Crippen molar-refractivity contribution in [3.63, 3.8) is 0 Å². The van der Waals surface area contributed by atoms with Crippen LogP contribution in [0, 0.1) is 0 Å². The zero-order chi connectivity index (χ0) is 21.9. The molecule has 1 amide bonds. The number of amides is 1. The Bertz CT molecular complexity index is 1060. The molecule has 0 aliphatic carbocycles. The molecule has 11 heteroatoms. The lowest BCUT2D eigenvalue weighted by molar-refractivity contribution is 0.00751. The van der Waals surface area contributed by atoms with Crippen molar-refractivity contribution in [2.24, 2.45) is 0 Å². The van der Waals surface area contributed by atoms with Gasteiger partial charge in [0.2, 0.25) is 5.16 Å². The number of tetrazole rings is 1. The summed E-state index contributed by atoms with van der Waals surface area (Å²) in [6.07, 6.45) is -1.79. The van der Waals surface area contributed by atoms with Crippen molar-refractivity contribution in [1.82, 2.24) is 20.2 Å². The molecule has 2 aliphatic heterocycles. The van der Waals surface area contributed by atoms with Crippen LogP contribution >= 0.6 is 11.8 Å². The van der Waals surface area contributed by atoms with Crippen LogP contribution in [-0.4, -0.2) is 64.9 Å². The molecule has 0 bridgehead atoms. The lowest BCUT2D eigenvalue weighted by Crippen LogP contribution is -2.35. The molecule has 4 atom stereocenters. The molecule has 3 heterocycles. The van der Waals surface area contributed by atoms with E-state index in [1.54, 1.807) is 36.1 Å². The molecule has 0 unspecified atom stereocenters. The van der Waals surface area contributed by atoms with Crippen LogP contribution in [0.5, 0.6) is 5.75 Å². The Labute approximate surface area is 188 Å². The maximum Gasteiger partial charge on any atom is 0.412 e. The third-order valence-electron chi connectivity index (χ3n) is 5.31. The summed E-state index contributed by atoms with van der Waals surface area (Å²) in [5.74, 6) is 0.703. The van der Waals surface area contributed by atoms with Crippen LogP contribution in [0.2, 0.25) is 0 Å². The van der Waals surface area contributed by atoms with E-state index in [1.807, 2.05) is 30.3 Å². The van der Waals surface area contributed by atoms with E-state index in [-0.39, 0.29) is 24.9 Å². The average molecular weight is 455 g/mol. The summed E-state index contributed by atoms with van der Waals surface area (Å²) in [5.41, 5.74) is 0.604. The maximum atomic E-state index is 12.4. The normalized spacial score (nSPS) is 24.2. The van der Waals surface area contributed by atoms with Gasteiger partial charge in [-0.2, -0.15) is 0 Å². The summed E-state index contributed by atoms with van der Waals surface area (Å²) < 4.78 is 24.3. The van der Waals surface area contributed by atoms with E-state index in [4.69, 9.17) is 18.9 Å². The van der Waals surface area contributed by atoms with E-state index in [1.165, 1.54) is 11.8 Å². The zero-order valence-electron chi connectivity index (χ0n) is 17.2. The predicted molar refractivity (Wildman–Crippen MR) is 114 cm³/mol. The number of nitrogens with zero attached hydrogens (tertiary/aromatic N) is 4. The first-order valence-electron chi connectivity index (χ1n) is 10.1. The van der Waals surface area contributed by atoms with Crippen LogP contribution in [0.15, 0.2) is 64.6 Å². The number of aromatic nitrogens is 4. The molecule has 2 aliphatic rings. The fourth-order valence-corrected chi connectivity index (χ4v) is 4.62. The van der Waals surface area contributed by atoms with Gasteiger partial charge in [-0.3, -0.25) is 5.32 Å². The minimum absolute atomic E-state index is 0.209. The molecular weight excluding hydrogens is 434 g/mol. The van der Waals surface area contributed by atoms with Crippen molar-refractivity contribution in [2.45, 2.75) is 34.4 Å². The topological polar surface area (TPSA) is 110 Å². The number of carbonyl (C=O) groups excluding carboxylic acids is 1. The number of carbonyl (C=O) groups is 1. The minimum atomic E-state index is -0.570. The highest BCUT2D eigenvalue weighted by Crippen LogP contribution is 2.37. The number of nitrogens with one attached hydrogen (secondary N) is 1. The summed E-state index contributed by atoms with van der Waals surface area (Å²) in [6, 6.07) is 16.6. The van der Waals surface area contributed by atoms with Gasteiger partial charge in [-0.15, -0.1) is 5.10 Å². The quantitative estimate of drug-likeness (QED) is 0.600. The van der Waals surface area contributed by atoms with E-state index in [2.05, 4.69) is 20.8 Å². The van der Waals surface area contributed by atoms with Crippen molar-refractivity contribution in [3.05, 3.63) is 54.6 Å². The number of benzene rings is 2. The van der Waals surface area contributed by atoms with Crippen LogP contribution in [0.25, 0.3) is 0 Å². The Morgan fingerprint density at radius 3 is 2.66 bits per heavy atom. The molecule has 3 aromatic rings. The van der Waals surface area contributed by atoms with Gasteiger partial charge in [0, 0.05) is 10.6 Å². The van der Waals surface area contributed by atoms with Gasteiger partial charge >= 0.3 is 6.09 Å². The molecule has 2 fully saturated rings. The predicted octanol–water partition coefficient (Wildman–Crippen LogP) is 2.79. The first kappa shape index (κ1) is 20.7. The van der Waals surface area contributed by atoms with Gasteiger partial charge in [-0.05, 0) is 58.6 Å². The Morgan fingerprint density at radius 2 is 1.88 bits per heavy atom. The summed E-state index contributed by atoms with van der Waals surface area (Å²) >= 11 is 1.47. The molecule has 166 valence electrons. The Kier molecular flexibility index (Phi) is 5.93. The smallest absolute Gasteiger partial charge is 0.412 e. The number of hydrogen-bond donors (Lipinski definition) is 1. The molecule has 10 nitrogen and oxygen atoms in total. The van der Waals surface area contributed by atoms with Gasteiger partial charge in [0.15, 0.2) is 6.10 Å². The highest BCUT2D eigenvalue weighted by molar-refractivity contribution is 7.99. The number of ether oxygens (including phenoxy) is 4. The molecule has 32 heavy (non-hydrogen) atoms. The Hall–Kier alpha value is -3.15. The molecule has 0 spiro atoms. The number of fused-ring (bicyclic) bond motifs is 1. The SMILES string of the molecule is COc1ccc(NC(=O)O[C@@H]2CO[C@H]3[C@@H]2OC[C@@H]3n2nnnc2Sc2ccccc2)cc1. The van der Waals surface area contributed by atoms with Crippen LogP contribution in [-0.2, 0) is 14.2 Å². The third-order valence-corrected chi connectivity index (χ3v) is 6.26. The van der Waals surface area contributed by atoms with E-state index in [9.17, 15) is 4.79 Å². The minimum Gasteiger partial charge on any atom is -0.497 e. The molecule has 1 aromatic heterocycles. The van der Waals surface area contributed by atoms with Gasteiger partial charge in [0.25, 0.3) is 0 Å². The number of methoxy groups -OCH3 is 1. The van der Waals surface area contributed by atoms with Crippen molar-refractivity contribution in [1.29, 1.82) is 0 Å². The summed E-state index contributed by atoms with van der Waals surface area (Å²) in [4.78, 5) is 13.4. The summed E-state index contributed by atoms with van der Waals surface area (Å²) in [5, 5.41) is 15.5. The van der Waals surface area contributed by atoms with E-state index in [0.29, 0.717) is 23.2 Å². The van der Waals surface area contributed by atoms with Crippen LogP contribution < -0.4 is 10.1 Å². The highest BCUT2D eigenvalue weighted by Gasteiger charge is 2.51. The fourth-order valence-electron chi connectivity index (χ4n) is 3.77. The molecule has 2 aromatic carbocycles. The summed E-state index contributed by atoms with van der Waals surface area (Å²) in [6.45, 7) is 0.605. The highest BCUT2D eigenvalue weighted by atomic mass is 32.2. The van der Waals surface area contributed by atoms with Crippen molar-refractivity contribution < 1.29 is 23.7 Å². The second-order valence-electron chi connectivity index (χ2n) is 7.28. The standard InChI is InChI=1S/C21H21N5O5S/c1-28-14-9-7-13(8-10-14)22-21(27)31-17-12-30-18-16(11-29-19(17)18)26-20(23-24-25-26)32-15-5-3-2-4-6-15/h2-10,16-19H,11-12H2,1H3,(H,22,27)/t16-,17+,18+,19+/m0/s1. The van der Waals surface area contributed by atoms with E-state index in [0.717, 1.165) is 4.90 Å². The monoisotopic (exact) mass is 455 g/mol. The molecule has 5 rings (SSSR count). The molecule has 1 N–H and O–H groups in total. The Balaban J connectivity index is 1.21. The lowest BCUT2D eigenvalue weighted by Gasteiger charge is -2.17. The van der Waals surface area contributed by atoms with Gasteiger partial charge in [0.1, 0.15) is 24.0 Å². The first-order chi connectivity index (χ1) is 15.7. The molecule has 2 saturated heterocycles. The van der Waals surface area contributed by atoms with E-state index < -0.39 is 12.2 Å². The lowest BCUT2D eigenvalue weighted by atomic mass is 10.1. The third kappa shape index (κ3) is 4.27. The Morgan fingerprint density at radius 1 is 1.09 bits per heavy atom.